The van der Waals surface area contributed by atoms with E-state index in [4.69, 9.17) is 5.73 Å². The SMILES string of the molecule is NC(=O)[C@@H]1CCCCN1Cc1ccc(C(=O)N2CCCC2)cc1. The molecule has 5 nitrogen and oxygen atoms in total. The molecule has 2 amide bonds. The van der Waals surface area contributed by atoms with E-state index in [1.165, 1.54) is 0 Å². The van der Waals surface area contributed by atoms with Crippen molar-refractivity contribution in [2.45, 2.75) is 44.7 Å². The van der Waals surface area contributed by atoms with Crippen LogP contribution < -0.4 is 5.73 Å². The molecule has 0 bridgehead atoms. The Morgan fingerprint density at radius 3 is 2.30 bits per heavy atom. The number of nitrogens with zero attached hydrogens (tertiary/aromatic N) is 2. The molecule has 2 aliphatic rings. The topological polar surface area (TPSA) is 66.6 Å². The maximum atomic E-state index is 12.3. The van der Waals surface area contributed by atoms with Gasteiger partial charge in [0.05, 0.1) is 6.04 Å². The number of carbonyl (C=O) groups excluding carboxylic acids is 2. The highest BCUT2D eigenvalue weighted by Crippen LogP contribution is 2.20. The van der Waals surface area contributed by atoms with Crippen molar-refractivity contribution < 1.29 is 9.59 Å². The monoisotopic (exact) mass is 315 g/mol. The number of rotatable bonds is 4. The lowest BCUT2D eigenvalue weighted by Crippen LogP contribution is -2.47. The summed E-state index contributed by atoms with van der Waals surface area (Å²) in [5.41, 5.74) is 7.39. The van der Waals surface area contributed by atoms with Gasteiger partial charge in [-0.1, -0.05) is 18.6 Å². The van der Waals surface area contributed by atoms with Gasteiger partial charge in [-0.2, -0.15) is 0 Å². The Hall–Kier alpha value is -1.88. The Morgan fingerprint density at radius 2 is 1.65 bits per heavy atom. The molecule has 124 valence electrons. The van der Waals surface area contributed by atoms with Crippen molar-refractivity contribution in [2.24, 2.45) is 5.73 Å². The summed E-state index contributed by atoms with van der Waals surface area (Å²) in [6.45, 7) is 3.36. The minimum atomic E-state index is -0.231. The summed E-state index contributed by atoms with van der Waals surface area (Å²) < 4.78 is 0. The third-order valence-corrected chi connectivity index (χ3v) is 4.92. The van der Waals surface area contributed by atoms with E-state index >= 15 is 0 Å². The van der Waals surface area contributed by atoms with Crippen molar-refractivity contribution in [3.8, 4) is 0 Å². The number of hydrogen-bond acceptors (Lipinski definition) is 3. The molecule has 0 radical (unpaired) electrons. The van der Waals surface area contributed by atoms with Crippen molar-refractivity contribution in [1.29, 1.82) is 0 Å². The molecular formula is C18H25N3O2. The Kier molecular flexibility index (Phi) is 4.96. The average Bonchev–Trinajstić information content (AvgIpc) is 3.10. The number of amides is 2. The van der Waals surface area contributed by atoms with Gasteiger partial charge in [0.25, 0.3) is 5.91 Å². The molecule has 5 heteroatoms. The van der Waals surface area contributed by atoms with Gasteiger partial charge in [-0.3, -0.25) is 14.5 Å². The van der Waals surface area contributed by atoms with Crippen LogP contribution in [0.2, 0.25) is 0 Å². The molecule has 2 heterocycles. The number of piperidine rings is 1. The second-order valence-electron chi connectivity index (χ2n) is 6.58. The summed E-state index contributed by atoms with van der Waals surface area (Å²) >= 11 is 0. The largest absolute Gasteiger partial charge is 0.368 e. The molecule has 2 saturated heterocycles. The molecule has 0 saturated carbocycles. The molecule has 2 N–H and O–H groups in total. The molecule has 1 atom stereocenters. The van der Waals surface area contributed by atoms with Crippen LogP contribution in [0.15, 0.2) is 24.3 Å². The standard InChI is InChI=1S/C18H25N3O2/c19-17(22)16-5-1-2-12-21(16)13-14-6-8-15(9-7-14)18(23)20-10-3-4-11-20/h6-9,16H,1-5,10-13H2,(H2,19,22)/t16-/m0/s1. The molecule has 1 aromatic rings. The van der Waals surface area contributed by atoms with Crippen LogP contribution in [-0.2, 0) is 11.3 Å². The number of likely N-dealkylation sites (tertiary alicyclic amines) is 2. The van der Waals surface area contributed by atoms with Crippen LogP contribution in [0, 0.1) is 0 Å². The van der Waals surface area contributed by atoms with Crippen LogP contribution in [0.5, 0.6) is 0 Å². The zero-order valence-corrected chi connectivity index (χ0v) is 13.5. The fourth-order valence-electron chi connectivity index (χ4n) is 3.59. The molecule has 0 aromatic heterocycles. The van der Waals surface area contributed by atoms with E-state index in [2.05, 4.69) is 4.90 Å². The third-order valence-electron chi connectivity index (χ3n) is 4.92. The fourth-order valence-corrected chi connectivity index (χ4v) is 3.59. The van der Waals surface area contributed by atoms with Crippen LogP contribution in [0.25, 0.3) is 0 Å². The minimum absolute atomic E-state index is 0.127. The average molecular weight is 315 g/mol. The summed E-state index contributed by atoms with van der Waals surface area (Å²) in [6.07, 6.45) is 5.23. The quantitative estimate of drug-likeness (QED) is 0.920. The van der Waals surface area contributed by atoms with Crippen LogP contribution in [0.1, 0.15) is 48.0 Å². The highest BCUT2D eigenvalue weighted by Gasteiger charge is 2.26. The lowest BCUT2D eigenvalue weighted by molar-refractivity contribution is -0.124. The first-order chi connectivity index (χ1) is 11.1. The van der Waals surface area contributed by atoms with Crippen molar-refractivity contribution in [3.63, 3.8) is 0 Å². The van der Waals surface area contributed by atoms with Gasteiger partial charge in [0.2, 0.25) is 5.91 Å². The van der Waals surface area contributed by atoms with E-state index in [9.17, 15) is 9.59 Å². The van der Waals surface area contributed by atoms with E-state index in [-0.39, 0.29) is 17.9 Å². The number of benzene rings is 1. The van der Waals surface area contributed by atoms with Crippen LogP contribution in [0.3, 0.4) is 0 Å². The summed E-state index contributed by atoms with van der Waals surface area (Å²) in [5.74, 6) is -0.104. The summed E-state index contributed by atoms with van der Waals surface area (Å²) in [5, 5.41) is 0. The van der Waals surface area contributed by atoms with Gasteiger partial charge in [-0.05, 0) is 49.9 Å². The highest BCUT2D eigenvalue weighted by atomic mass is 16.2. The maximum Gasteiger partial charge on any atom is 0.253 e. The van der Waals surface area contributed by atoms with E-state index in [0.29, 0.717) is 6.54 Å². The van der Waals surface area contributed by atoms with Crippen molar-refractivity contribution in [2.75, 3.05) is 19.6 Å². The Bertz CT molecular complexity index is 564. The first-order valence-corrected chi connectivity index (χ1v) is 8.57. The lowest BCUT2D eigenvalue weighted by Gasteiger charge is -2.33. The summed E-state index contributed by atoms with van der Waals surface area (Å²) in [7, 11) is 0. The molecule has 0 unspecified atom stereocenters. The number of carbonyl (C=O) groups is 2. The van der Waals surface area contributed by atoms with Crippen LogP contribution >= 0.6 is 0 Å². The molecule has 3 rings (SSSR count). The molecule has 1 aromatic carbocycles. The smallest absolute Gasteiger partial charge is 0.253 e. The number of primary amides is 1. The van der Waals surface area contributed by atoms with Crippen molar-refractivity contribution in [1.82, 2.24) is 9.80 Å². The molecule has 2 fully saturated rings. The Labute approximate surface area is 137 Å². The van der Waals surface area contributed by atoms with Gasteiger partial charge in [-0.15, -0.1) is 0 Å². The number of hydrogen-bond donors (Lipinski definition) is 1. The molecule has 23 heavy (non-hydrogen) atoms. The van der Waals surface area contributed by atoms with E-state index in [1.807, 2.05) is 29.2 Å². The Balaban J connectivity index is 1.64. The summed E-state index contributed by atoms with van der Waals surface area (Å²) in [4.78, 5) is 28.0. The second-order valence-corrected chi connectivity index (χ2v) is 6.58. The van der Waals surface area contributed by atoms with Gasteiger partial charge in [0.1, 0.15) is 0 Å². The third kappa shape index (κ3) is 3.72. The van der Waals surface area contributed by atoms with E-state index in [1.54, 1.807) is 0 Å². The van der Waals surface area contributed by atoms with Gasteiger partial charge in [0.15, 0.2) is 0 Å². The number of nitrogens with two attached hydrogens (primary N) is 1. The van der Waals surface area contributed by atoms with Gasteiger partial charge >= 0.3 is 0 Å². The van der Waals surface area contributed by atoms with E-state index < -0.39 is 0 Å². The zero-order valence-electron chi connectivity index (χ0n) is 13.5. The van der Waals surface area contributed by atoms with Crippen molar-refractivity contribution in [3.05, 3.63) is 35.4 Å². The van der Waals surface area contributed by atoms with Gasteiger partial charge in [0, 0.05) is 25.2 Å². The predicted octanol–water partition coefficient (Wildman–Crippen LogP) is 1.76. The molecule has 2 aliphatic heterocycles. The highest BCUT2D eigenvalue weighted by molar-refractivity contribution is 5.94. The lowest BCUT2D eigenvalue weighted by atomic mass is 10.0. The second kappa shape index (κ2) is 7.13. The zero-order chi connectivity index (χ0) is 16.2. The van der Waals surface area contributed by atoms with Crippen LogP contribution in [-0.4, -0.2) is 47.3 Å². The Morgan fingerprint density at radius 1 is 1.00 bits per heavy atom. The molecule has 0 spiro atoms. The molecule has 0 aliphatic carbocycles. The van der Waals surface area contributed by atoms with Gasteiger partial charge < -0.3 is 10.6 Å². The minimum Gasteiger partial charge on any atom is -0.368 e. The first kappa shape index (κ1) is 16.0. The van der Waals surface area contributed by atoms with Crippen LogP contribution in [0.4, 0.5) is 0 Å². The predicted molar refractivity (Wildman–Crippen MR) is 88.8 cm³/mol. The normalized spacial score (nSPS) is 22.3. The summed E-state index contributed by atoms with van der Waals surface area (Å²) in [6, 6.07) is 7.64. The van der Waals surface area contributed by atoms with Crippen molar-refractivity contribution >= 4 is 11.8 Å². The molecular weight excluding hydrogens is 290 g/mol. The van der Waals surface area contributed by atoms with E-state index in [0.717, 1.165) is 62.9 Å². The van der Waals surface area contributed by atoms with Gasteiger partial charge in [-0.25, -0.2) is 0 Å². The maximum absolute atomic E-state index is 12.3. The fraction of sp³-hybridized carbons (Fsp3) is 0.556. The first-order valence-electron chi connectivity index (χ1n) is 8.57.